The molecule has 1 N–H and O–H groups in total. The van der Waals surface area contributed by atoms with Crippen LogP contribution in [0.3, 0.4) is 0 Å². The first kappa shape index (κ1) is 21.8. The second kappa shape index (κ2) is 9.09. The molecule has 2 aromatic carbocycles. The van der Waals surface area contributed by atoms with Gasteiger partial charge in [-0.25, -0.2) is 0 Å². The zero-order valence-electron chi connectivity index (χ0n) is 19.2. The smallest absolute Gasteiger partial charge is 0.183 e. The Bertz CT molecular complexity index is 900. The monoisotopic (exact) mass is 432 g/mol. The molecular formula is C28H36N2O2. The van der Waals surface area contributed by atoms with Crippen molar-refractivity contribution in [3.63, 3.8) is 0 Å². The number of hydrogen-bond acceptors (Lipinski definition) is 4. The van der Waals surface area contributed by atoms with Crippen molar-refractivity contribution in [1.82, 2.24) is 9.80 Å². The highest BCUT2D eigenvalue weighted by molar-refractivity contribution is 5.90. The molecule has 1 saturated heterocycles. The Hall–Kier alpha value is -2.01. The number of likely N-dealkylation sites (tertiary alicyclic amines) is 1. The molecule has 1 heterocycles. The molecule has 1 aliphatic heterocycles. The summed E-state index contributed by atoms with van der Waals surface area (Å²) >= 11 is 0. The number of benzene rings is 2. The molecule has 4 nitrogen and oxygen atoms in total. The van der Waals surface area contributed by atoms with Gasteiger partial charge in [-0.2, -0.15) is 0 Å². The summed E-state index contributed by atoms with van der Waals surface area (Å²) < 4.78 is 0. The Kier molecular flexibility index (Phi) is 6.20. The van der Waals surface area contributed by atoms with Gasteiger partial charge in [0, 0.05) is 26.2 Å². The van der Waals surface area contributed by atoms with Crippen molar-refractivity contribution in [3.05, 3.63) is 71.8 Å². The van der Waals surface area contributed by atoms with Gasteiger partial charge in [0.15, 0.2) is 11.4 Å². The predicted molar refractivity (Wildman–Crippen MR) is 127 cm³/mol. The molecule has 2 saturated carbocycles. The van der Waals surface area contributed by atoms with E-state index in [1.54, 1.807) is 0 Å². The predicted octanol–water partition coefficient (Wildman–Crippen LogP) is 3.94. The molecule has 3 atom stereocenters. The SMILES string of the molecule is CN(CC(=O)C(O)(c1ccccc1)C1CCCC1)CC1C2CN(Cc3ccccc3)CC12. The molecule has 0 amide bonds. The fraction of sp³-hybridized carbons (Fsp3) is 0.536. The number of carbonyl (C=O) groups excluding carboxylic acids is 1. The van der Waals surface area contributed by atoms with Crippen molar-refractivity contribution in [2.24, 2.45) is 23.7 Å². The average Bonchev–Trinajstić information content (AvgIpc) is 3.22. The molecule has 5 rings (SSSR count). The number of hydrogen-bond donors (Lipinski definition) is 1. The quantitative estimate of drug-likeness (QED) is 0.652. The van der Waals surface area contributed by atoms with Crippen molar-refractivity contribution in [3.8, 4) is 0 Å². The third kappa shape index (κ3) is 4.28. The lowest BCUT2D eigenvalue weighted by molar-refractivity contribution is -0.146. The number of piperidine rings is 1. The van der Waals surface area contributed by atoms with Gasteiger partial charge in [0.05, 0.1) is 6.54 Å². The number of ketones is 1. The zero-order valence-corrected chi connectivity index (χ0v) is 19.2. The Morgan fingerprint density at radius 3 is 2.22 bits per heavy atom. The molecule has 4 heteroatoms. The number of aliphatic hydroxyl groups is 1. The molecule has 2 aliphatic carbocycles. The van der Waals surface area contributed by atoms with E-state index in [9.17, 15) is 9.90 Å². The Balaban J connectivity index is 1.16. The lowest BCUT2D eigenvalue weighted by atomic mass is 9.77. The highest BCUT2D eigenvalue weighted by atomic mass is 16.3. The summed E-state index contributed by atoms with van der Waals surface area (Å²) in [5, 5.41) is 11.7. The van der Waals surface area contributed by atoms with E-state index in [0.717, 1.165) is 56.2 Å². The molecule has 3 fully saturated rings. The molecule has 170 valence electrons. The maximum absolute atomic E-state index is 13.5. The molecule has 0 bridgehead atoms. The van der Waals surface area contributed by atoms with Crippen LogP contribution in [0.15, 0.2) is 60.7 Å². The fourth-order valence-corrected chi connectivity index (χ4v) is 6.43. The van der Waals surface area contributed by atoms with Crippen molar-refractivity contribution in [2.45, 2.75) is 37.8 Å². The maximum atomic E-state index is 13.5. The number of fused-ring (bicyclic) bond motifs is 1. The van der Waals surface area contributed by atoms with Gasteiger partial charge in [0.2, 0.25) is 0 Å². The number of nitrogens with zero attached hydrogens (tertiary/aromatic N) is 2. The highest BCUT2D eigenvalue weighted by Gasteiger charge is 2.55. The van der Waals surface area contributed by atoms with Crippen LogP contribution in [0.4, 0.5) is 0 Å². The first-order chi connectivity index (χ1) is 15.6. The number of rotatable bonds is 9. The zero-order chi connectivity index (χ0) is 22.1. The summed E-state index contributed by atoms with van der Waals surface area (Å²) in [5.41, 5.74) is 0.808. The number of likely N-dealkylation sites (N-methyl/N-ethyl adjacent to an activating group) is 1. The minimum absolute atomic E-state index is 0.0328. The van der Waals surface area contributed by atoms with Gasteiger partial charge in [0.25, 0.3) is 0 Å². The average molecular weight is 433 g/mol. The van der Waals surface area contributed by atoms with Gasteiger partial charge in [-0.05, 0) is 54.7 Å². The van der Waals surface area contributed by atoms with Crippen LogP contribution in [0, 0.1) is 23.7 Å². The summed E-state index contributed by atoms with van der Waals surface area (Å²) in [7, 11) is 2.05. The highest BCUT2D eigenvalue weighted by Crippen LogP contribution is 2.52. The summed E-state index contributed by atoms with van der Waals surface area (Å²) in [6, 6.07) is 20.4. The van der Waals surface area contributed by atoms with E-state index < -0.39 is 5.60 Å². The first-order valence-electron chi connectivity index (χ1n) is 12.3. The summed E-state index contributed by atoms with van der Waals surface area (Å²) in [4.78, 5) is 18.2. The van der Waals surface area contributed by atoms with E-state index in [-0.39, 0.29) is 11.7 Å². The van der Waals surface area contributed by atoms with Gasteiger partial charge in [-0.1, -0.05) is 73.5 Å². The molecule has 2 aromatic rings. The van der Waals surface area contributed by atoms with Gasteiger partial charge >= 0.3 is 0 Å². The van der Waals surface area contributed by atoms with Gasteiger partial charge in [0.1, 0.15) is 0 Å². The van der Waals surface area contributed by atoms with E-state index in [2.05, 4.69) is 40.1 Å². The topological polar surface area (TPSA) is 43.8 Å². The van der Waals surface area contributed by atoms with Crippen molar-refractivity contribution >= 4 is 5.78 Å². The van der Waals surface area contributed by atoms with Crippen LogP contribution in [0.1, 0.15) is 36.8 Å². The minimum atomic E-state index is -1.35. The van der Waals surface area contributed by atoms with Crippen LogP contribution in [0.25, 0.3) is 0 Å². The normalized spacial score (nSPS) is 27.4. The third-order valence-corrected chi connectivity index (χ3v) is 8.22. The van der Waals surface area contributed by atoms with E-state index in [1.165, 1.54) is 18.7 Å². The summed E-state index contributed by atoms with van der Waals surface area (Å²) in [6.45, 7) is 4.66. The van der Waals surface area contributed by atoms with Gasteiger partial charge < -0.3 is 5.11 Å². The molecule has 0 radical (unpaired) electrons. The van der Waals surface area contributed by atoms with Crippen LogP contribution in [0.2, 0.25) is 0 Å². The lowest BCUT2D eigenvalue weighted by Gasteiger charge is -2.34. The Labute approximate surface area is 192 Å². The molecule has 3 unspecified atom stereocenters. The second-order valence-corrected chi connectivity index (χ2v) is 10.4. The van der Waals surface area contributed by atoms with Crippen LogP contribution in [-0.2, 0) is 16.9 Å². The van der Waals surface area contributed by atoms with Crippen molar-refractivity contribution in [2.75, 3.05) is 33.2 Å². The van der Waals surface area contributed by atoms with Crippen molar-refractivity contribution in [1.29, 1.82) is 0 Å². The minimum Gasteiger partial charge on any atom is -0.377 e. The van der Waals surface area contributed by atoms with Crippen LogP contribution < -0.4 is 0 Å². The summed E-state index contributed by atoms with van der Waals surface area (Å²) in [5.74, 6) is 2.22. The van der Waals surface area contributed by atoms with E-state index in [0.29, 0.717) is 12.5 Å². The number of Topliss-reactive ketones (excluding diaryl/α,β-unsaturated/α-hetero) is 1. The Morgan fingerprint density at radius 2 is 1.59 bits per heavy atom. The third-order valence-electron chi connectivity index (χ3n) is 8.22. The largest absolute Gasteiger partial charge is 0.377 e. The molecule has 3 aliphatic rings. The van der Waals surface area contributed by atoms with Crippen molar-refractivity contribution < 1.29 is 9.90 Å². The maximum Gasteiger partial charge on any atom is 0.183 e. The van der Waals surface area contributed by atoms with E-state index >= 15 is 0 Å². The van der Waals surface area contributed by atoms with Crippen LogP contribution >= 0.6 is 0 Å². The van der Waals surface area contributed by atoms with E-state index in [4.69, 9.17) is 0 Å². The molecule has 0 aromatic heterocycles. The van der Waals surface area contributed by atoms with E-state index in [1.807, 2.05) is 37.4 Å². The molecule has 0 spiro atoms. The first-order valence-corrected chi connectivity index (χ1v) is 12.3. The molecular weight excluding hydrogens is 396 g/mol. The fourth-order valence-electron chi connectivity index (χ4n) is 6.43. The number of carbonyl (C=O) groups is 1. The summed E-state index contributed by atoms with van der Waals surface area (Å²) in [6.07, 6.45) is 4.08. The van der Waals surface area contributed by atoms with Gasteiger partial charge in [-0.15, -0.1) is 0 Å². The van der Waals surface area contributed by atoms with Crippen LogP contribution in [0.5, 0.6) is 0 Å². The van der Waals surface area contributed by atoms with Gasteiger partial charge in [-0.3, -0.25) is 14.6 Å². The van der Waals surface area contributed by atoms with Crippen LogP contribution in [-0.4, -0.2) is 53.9 Å². The standard InChI is InChI=1S/C28H36N2O2/c1-29(17-24-25-18-30(19-26(24)25)16-21-10-4-2-5-11-21)20-27(31)28(32,23-14-8-9-15-23)22-12-6-3-7-13-22/h2-7,10-13,23-26,32H,8-9,14-20H2,1H3. The second-order valence-electron chi connectivity index (χ2n) is 10.4. The molecule has 32 heavy (non-hydrogen) atoms. The Morgan fingerprint density at radius 1 is 1.00 bits per heavy atom. The lowest BCUT2D eigenvalue weighted by Crippen LogP contribution is -2.47.